The third-order valence-electron chi connectivity index (χ3n) is 3.43. The van der Waals surface area contributed by atoms with Gasteiger partial charge < -0.3 is 15.7 Å². The molecule has 0 aliphatic heterocycles. The molecule has 0 saturated carbocycles. The fourth-order valence-corrected chi connectivity index (χ4v) is 4.93. The average Bonchev–Trinajstić information content (AvgIpc) is 3.14. The zero-order valence-corrected chi connectivity index (χ0v) is 15.1. The molecule has 0 aliphatic rings. The van der Waals surface area contributed by atoms with Crippen LogP contribution in [0.4, 0.5) is 4.39 Å². The van der Waals surface area contributed by atoms with Crippen molar-refractivity contribution in [3.63, 3.8) is 0 Å². The molecule has 0 unspecified atom stereocenters. The van der Waals surface area contributed by atoms with Crippen LogP contribution < -0.4 is 10.6 Å². The van der Waals surface area contributed by atoms with E-state index in [1.807, 2.05) is 0 Å². The predicted molar refractivity (Wildman–Crippen MR) is 93.8 cm³/mol. The van der Waals surface area contributed by atoms with Crippen LogP contribution in [0.2, 0.25) is 0 Å². The van der Waals surface area contributed by atoms with Crippen molar-refractivity contribution in [1.29, 1.82) is 0 Å². The van der Waals surface area contributed by atoms with Gasteiger partial charge in [0, 0.05) is 18.0 Å². The Kier molecular flexibility index (Phi) is 6.83. The van der Waals surface area contributed by atoms with Gasteiger partial charge in [0.25, 0.3) is 0 Å². The number of thiophene rings is 1. The highest BCUT2D eigenvalue weighted by Crippen LogP contribution is 2.31. The minimum atomic E-state index is -3.92. The van der Waals surface area contributed by atoms with E-state index in [2.05, 4.69) is 10.6 Å². The quantitative estimate of drug-likeness (QED) is 0.466. The molecule has 1 aromatic heterocycles. The Balaban J connectivity index is 2.21. The van der Waals surface area contributed by atoms with Crippen molar-refractivity contribution in [3.8, 4) is 0 Å². The van der Waals surface area contributed by atoms with Crippen molar-refractivity contribution in [2.45, 2.75) is 10.1 Å². The molecule has 0 spiro atoms. The minimum absolute atomic E-state index is 0.0868. The molecule has 0 bridgehead atoms. The van der Waals surface area contributed by atoms with Crippen molar-refractivity contribution >= 4 is 33.0 Å². The van der Waals surface area contributed by atoms with Crippen molar-refractivity contribution < 1.29 is 27.5 Å². The highest BCUT2D eigenvalue weighted by atomic mass is 32.2. The maximum atomic E-state index is 13.1. The minimum Gasteiger partial charge on any atom is -0.395 e. The predicted octanol–water partition coefficient (Wildman–Crippen LogP) is 0.627. The summed E-state index contributed by atoms with van der Waals surface area (Å²) in [7, 11) is -3.92. The van der Waals surface area contributed by atoms with Crippen LogP contribution in [-0.4, -0.2) is 45.0 Å². The monoisotopic (exact) mass is 400 g/mol. The maximum Gasteiger partial charge on any atom is 0.309 e. The molecule has 10 heteroatoms. The van der Waals surface area contributed by atoms with Crippen molar-refractivity contribution in [1.82, 2.24) is 10.6 Å². The summed E-state index contributed by atoms with van der Waals surface area (Å²) >= 11 is 1.19. The molecule has 0 radical (unpaired) electrons. The molecule has 2 rings (SSSR count). The third kappa shape index (κ3) is 4.87. The molecule has 0 fully saturated rings. The molecule has 2 amide bonds. The number of sulfone groups is 1. The molecule has 2 aromatic rings. The van der Waals surface area contributed by atoms with Gasteiger partial charge in [-0.05, 0) is 35.7 Å². The largest absolute Gasteiger partial charge is 0.395 e. The highest BCUT2D eigenvalue weighted by Gasteiger charge is 2.31. The molecular weight excluding hydrogens is 383 g/mol. The molecule has 0 saturated heterocycles. The number of carbonyl (C=O) groups excluding carboxylic acids is 2. The third-order valence-corrected chi connectivity index (χ3v) is 6.66. The van der Waals surface area contributed by atoms with Gasteiger partial charge in [0.15, 0.2) is 9.84 Å². The number of hydrogen-bond acceptors (Lipinski definition) is 6. The van der Waals surface area contributed by atoms with Gasteiger partial charge in [-0.2, -0.15) is 0 Å². The fourth-order valence-electron chi connectivity index (χ4n) is 2.14. The standard InChI is InChI=1S/C16H17FN2O5S2/c17-11-3-5-12(6-4-11)26(23,24)14(13-2-1-9-25-13)10-19-16(22)15(21)18-7-8-20/h1-6,9,14,20H,7-8,10H2,(H,18,21)(H,19,22)/t14-/m0/s1. The lowest BCUT2D eigenvalue weighted by Gasteiger charge is -2.17. The lowest BCUT2D eigenvalue weighted by molar-refractivity contribution is -0.139. The van der Waals surface area contributed by atoms with Crippen LogP contribution >= 0.6 is 11.3 Å². The number of halogens is 1. The fraction of sp³-hybridized carbons (Fsp3) is 0.250. The zero-order valence-electron chi connectivity index (χ0n) is 13.5. The smallest absolute Gasteiger partial charge is 0.309 e. The van der Waals surface area contributed by atoms with Gasteiger partial charge in [-0.1, -0.05) is 6.07 Å². The zero-order chi connectivity index (χ0) is 19.2. The summed E-state index contributed by atoms with van der Waals surface area (Å²) in [5, 5.41) is 13.7. The molecule has 140 valence electrons. The Morgan fingerprint density at radius 1 is 1.12 bits per heavy atom. The number of aliphatic hydroxyl groups excluding tert-OH is 1. The van der Waals surface area contributed by atoms with E-state index in [1.54, 1.807) is 17.5 Å². The van der Waals surface area contributed by atoms with Gasteiger partial charge in [-0.25, -0.2) is 12.8 Å². The van der Waals surface area contributed by atoms with E-state index >= 15 is 0 Å². The topological polar surface area (TPSA) is 113 Å². The second-order valence-corrected chi connectivity index (χ2v) is 8.30. The molecule has 1 aromatic carbocycles. The number of rotatable bonds is 7. The van der Waals surface area contributed by atoms with Gasteiger partial charge in [-0.3, -0.25) is 9.59 Å². The molecule has 26 heavy (non-hydrogen) atoms. The van der Waals surface area contributed by atoms with Gasteiger partial charge >= 0.3 is 11.8 Å². The first-order valence-corrected chi connectivity index (χ1v) is 9.98. The number of hydrogen-bond donors (Lipinski definition) is 3. The molecule has 1 heterocycles. The molecule has 7 nitrogen and oxygen atoms in total. The van der Waals surface area contributed by atoms with Crippen molar-refractivity contribution in [3.05, 3.63) is 52.5 Å². The molecule has 1 atom stereocenters. The summed E-state index contributed by atoms with van der Waals surface area (Å²) in [5.74, 6) is -2.54. The van der Waals surface area contributed by atoms with Crippen LogP contribution in [0.3, 0.4) is 0 Å². The molecular formula is C16H17FN2O5S2. The van der Waals surface area contributed by atoms with Crippen LogP contribution in [0.1, 0.15) is 10.1 Å². The summed E-state index contributed by atoms with van der Waals surface area (Å²) in [4.78, 5) is 23.7. The first-order chi connectivity index (χ1) is 12.4. The van der Waals surface area contributed by atoms with Crippen LogP contribution in [-0.2, 0) is 19.4 Å². The number of benzene rings is 1. The van der Waals surface area contributed by atoms with Gasteiger partial charge in [-0.15, -0.1) is 11.3 Å². The van der Waals surface area contributed by atoms with E-state index in [-0.39, 0.29) is 24.6 Å². The van der Waals surface area contributed by atoms with Gasteiger partial charge in [0.2, 0.25) is 0 Å². The van der Waals surface area contributed by atoms with Gasteiger partial charge in [0.1, 0.15) is 11.1 Å². The molecule has 3 N–H and O–H groups in total. The second kappa shape index (κ2) is 8.88. The van der Waals surface area contributed by atoms with Crippen LogP contribution in [0.25, 0.3) is 0 Å². The normalized spacial score (nSPS) is 12.4. The Bertz CT molecular complexity index is 851. The Hall–Kier alpha value is -2.30. The first kappa shape index (κ1) is 20.0. The van der Waals surface area contributed by atoms with E-state index in [1.165, 1.54) is 11.3 Å². The first-order valence-electron chi connectivity index (χ1n) is 7.56. The number of nitrogens with one attached hydrogen (secondary N) is 2. The van der Waals surface area contributed by atoms with E-state index in [0.29, 0.717) is 4.88 Å². The maximum absolute atomic E-state index is 13.1. The lowest BCUT2D eigenvalue weighted by Crippen LogP contribution is -2.43. The van der Waals surface area contributed by atoms with E-state index in [0.717, 1.165) is 24.3 Å². The Labute approximate surface area is 153 Å². The number of amides is 2. The summed E-state index contributed by atoms with van der Waals surface area (Å²) < 4.78 is 38.9. The summed E-state index contributed by atoms with van der Waals surface area (Å²) in [6.07, 6.45) is 0. The number of aliphatic hydroxyl groups is 1. The van der Waals surface area contributed by atoms with Crippen molar-refractivity contribution in [2.24, 2.45) is 0 Å². The molecule has 0 aliphatic carbocycles. The summed E-state index contributed by atoms with van der Waals surface area (Å²) in [5.41, 5.74) is 0. The van der Waals surface area contributed by atoms with Crippen LogP contribution in [0.15, 0.2) is 46.7 Å². The average molecular weight is 400 g/mol. The summed E-state index contributed by atoms with van der Waals surface area (Å²) in [6, 6.07) is 7.66. The van der Waals surface area contributed by atoms with Crippen LogP contribution in [0.5, 0.6) is 0 Å². The van der Waals surface area contributed by atoms with E-state index in [9.17, 15) is 22.4 Å². The Morgan fingerprint density at radius 3 is 2.35 bits per heavy atom. The second-order valence-electron chi connectivity index (χ2n) is 5.19. The van der Waals surface area contributed by atoms with Gasteiger partial charge in [0.05, 0.1) is 11.5 Å². The van der Waals surface area contributed by atoms with Crippen LogP contribution in [0, 0.1) is 5.82 Å². The Morgan fingerprint density at radius 2 is 1.77 bits per heavy atom. The van der Waals surface area contributed by atoms with Crippen molar-refractivity contribution in [2.75, 3.05) is 19.7 Å². The summed E-state index contributed by atoms with van der Waals surface area (Å²) in [6.45, 7) is -0.740. The highest BCUT2D eigenvalue weighted by molar-refractivity contribution is 7.91. The van der Waals surface area contributed by atoms with E-state index < -0.39 is 32.7 Å². The van der Waals surface area contributed by atoms with E-state index in [4.69, 9.17) is 5.11 Å². The lowest BCUT2D eigenvalue weighted by atomic mass is 10.3. The number of carbonyl (C=O) groups is 2. The SMILES string of the molecule is O=C(NCCO)C(=O)NC[C@@H](c1cccs1)S(=O)(=O)c1ccc(F)cc1.